The van der Waals surface area contributed by atoms with E-state index in [0.29, 0.717) is 5.02 Å². The lowest BCUT2D eigenvalue weighted by Gasteiger charge is -2.51. The number of rotatable bonds is 2. The Bertz CT molecular complexity index is 1020. The van der Waals surface area contributed by atoms with E-state index in [1.165, 1.54) is 0 Å². The smallest absolute Gasteiger partial charge is 0.241 e. The van der Waals surface area contributed by atoms with Crippen LogP contribution in [0.4, 0.5) is 0 Å². The monoisotopic (exact) mass is 425 g/mol. The Labute approximate surface area is 179 Å². The van der Waals surface area contributed by atoms with Gasteiger partial charge in [-0.3, -0.25) is 9.59 Å². The van der Waals surface area contributed by atoms with Gasteiger partial charge in [-0.25, -0.2) is 4.99 Å². The van der Waals surface area contributed by atoms with Crippen molar-refractivity contribution in [1.82, 2.24) is 5.32 Å². The molecule has 4 rings (SSSR count). The normalized spacial score (nSPS) is 29.5. The van der Waals surface area contributed by atoms with Crippen LogP contribution >= 0.6 is 23.8 Å². The van der Waals surface area contributed by atoms with Crippen LogP contribution < -0.4 is 11.1 Å². The minimum absolute atomic E-state index is 0.0457. The molecule has 1 aliphatic carbocycles. The fourth-order valence-corrected chi connectivity index (χ4v) is 5.13. The molecule has 148 valence electrons. The first-order chi connectivity index (χ1) is 13.9. The van der Waals surface area contributed by atoms with Gasteiger partial charge in [0.05, 0.1) is 0 Å². The zero-order valence-corrected chi connectivity index (χ0v) is 17.3. The van der Waals surface area contributed by atoms with E-state index in [-0.39, 0.29) is 29.1 Å². The lowest BCUT2D eigenvalue weighted by molar-refractivity contribution is -0.136. The number of benzene rings is 2. The van der Waals surface area contributed by atoms with Gasteiger partial charge in [-0.2, -0.15) is 0 Å². The zero-order valence-electron chi connectivity index (χ0n) is 15.8. The molecule has 4 atom stereocenters. The van der Waals surface area contributed by atoms with Crippen molar-refractivity contribution in [2.24, 2.45) is 22.1 Å². The molecule has 29 heavy (non-hydrogen) atoms. The highest BCUT2D eigenvalue weighted by molar-refractivity contribution is 7.80. The van der Waals surface area contributed by atoms with Crippen LogP contribution in [-0.2, 0) is 9.59 Å². The Morgan fingerprint density at radius 1 is 1.10 bits per heavy atom. The third-order valence-electron chi connectivity index (χ3n) is 6.13. The van der Waals surface area contributed by atoms with E-state index < -0.39 is 23.2 Å². The molecule has 5 nitrogen and oxygen atoms in total. The topological polar surface area (TPSA) is 84.5 Å². The molecule has 0 saturated heterocycles. The predicted octanol–water partition coefficient (Wildman–Crippen LogP) is 3.57. The van der Waals surface area contributed by atoms with Gasteiger partial charge in [0.2, 0.25) is 11.0 Å². The van der Waals surface area contributed by atoms with E-state index in [1.807, 2.05) is 49.4 Å². The lowest BCUT2D eigenvalue weighted by Crippen LogP contribution is -2.64. The maximum atomic E-state index is 13.6. The second-order valence-corrected chi connectivity index (χ2v) is 8.40. The average molecular weight is 426 g/mol. The molecular formula is C22H20ClN3O2S. The number of nitrogens with zero attached hydrogens (tertiary/aromatic N) is 1. The first-order valence-electron chi connectivity index (χ1n) is 9.39. The second-order valence-electron chi connectivity index (χ2n) is 7.58. The van der Waals surface area contributed by atoms with Gasteiger partial charge in [-0.1, -0.05) is 61.0 Å². The van der Waals surface area contributed by atoms with E-state index in [0.717, 1.165) is 11.1 Å². The molecule has 1 heterocycles. The van der Waals surface area contributed by atoms with Gasteiger partial charge in [0.15, 0.2) is 0 Å². The fourth-order valence-electron chi connectivity index (χ4n) is 4.82. The Hall–Kier alpha value is -2.57. The summed E-state index contributed by atoms with van der Waals surface area (Å²) in [5.41, 5.74) is 6.94. The van der Waals surface area contributed by atoms with Gasteiger partial charge < -0.3 is 11.1 Å². The third-order valence-corrected chi connectivity index (χ3v) is 6.57. The van der Waals surface area contributed by atoms with Gasteiger partial charge in [0.1, 0.15) is 17.0 Å². The number of ketones is 1. The largest absolute Gasteiger partial charge is 0.386 e. The predicted molar refractivity (Wildman–Crippen MR) is 117 cm³/mol. The van der Waals surface area contributed by atoms with Crippen molar-refractivity contribution in [2.75, 3.05) is 0 Å². The number of nitrogens with one attached hydrogen (secondary N) is 1. The summed E-state index contributed by atoms with van der Waals surface area (Å²) < 4.78 is 0. The standard InChI is InChI=1S/C22H20ClN3O2S/c1-12-17(27)11-16(13-7-9-15(23)10-8-13)22(18(12)14-5-3-2-4-6-14)19(24)25-21(29)26-20(22)28/h2-10,12,16,18H,11H2,1H3,(H3,24,25,26,28,29). The number of hydrogen-bond acceptors (Lipinski definition) is 4. The van der Waals surface area contributed by atoms with Crippen molar-refractivity contribution in [1.29, 1.82) is 0 Å². The average Bonchev–Trinajstić information content (AvgIpc) is 2.69. The molecule has 1 spiro atoms. The van der Waals surface area contributed by atoms with Crippen LogP contribution in [0.3, 0.4) is 0 Å². The summed E-state index contributed by atoms with van der Waals surface area (Å²) in [7, 11) is 0. The molecule has 1 fully saturated rings. The number of halogens is 1. The number of hydrogen-bond donors (Lipinski definition) is 2. The summed E-state index contributed by atoms with van der Waals surface area (Å²) >= 11 is 11.2. The Morgan fingerprint density at radius 3 is 2.38 bits per heavy atom. The molecule has 0 bridgehead atoms. The number of thiocarbonyl (C=S) groups is 1. The van der Waals surface area contributed by atoms with Crippen LogP contribution in [0.5, 0.6) is 0 Å². The number of carbonyl (C=O) groups excluding carboxylic acids is 2. The number of carbonyl (C=O) groups is 2. The number of nitrogens with two attached hydrogens (primary N) is 1. The van der Waals surface area contributed by atoms with Crippen LogP contribution in [0.25, 0.3) is 0 Å². The van der Waals surface area contributed by atoms with Crippen molar-refractivity contribution in [2.45, 2.75) is 25.2 Å². The fraction of sp³-hybridized carbons (Fsp3) is 0.273. The van der Waals surface area contributed by atoms with Crippen LogP contribution in [-0.4, -0.2) is 22.6 Å². The maximum absolute atomic E-state index is 13.6. The summed E-state index contributed by atoms with van der Waals surface area (Å²) in [5, 5.41) is 3.33. The quantitative estimate of drug-likeness (QED) is 0.720. The Morgan fingerprint density at radius 2 is 1.76 bits per heavy atom. The highest BCUT2D eigenvalue weighted by Crippen LogP contribution is 2.57. The molecule has 1 saturated carbocycles. The van der Waals surface area contributed by atoms with Crippen molar-refractivity contribution in [3.05, 3.63) is 70.7 Å². The minimum atomic E-state index is -1.23. The zero-order chi connectivity index (χ0) is 20.8. The summed E-state index contributed by atoms with van der Waals surface area (Å²) in [5.74, 6) is -1.45. The van der Waals surface area contributed by atoms with Crippen LogP contribution in [0.2, 0.25) is 5.02 Å². The molecule has 7 heteroatoms. The second kappa shape index (κ2) is 7.35. The molecule has 1 aliphatic heterocycles. The first-order valence-corrected chi connectivity index (χ1v) is 10.2. The van der Waals surface area contributed by atoms with Gasteiger partial charge in [-0.05, 0) is 35.5 Å². The van der Waals surface area contributed by atoms with Gasteiger partial charge >= 0.3 is 0 Å². The van der Waals surface area contributed by atoms with Crippen LogP contribution in [0.15, 0.2) is 59.6 Å². The van der Waals surface area contributed by atoms with Gasteiger partial charge in [-0.15, -0.1) is 0 Å². The molecule has 3 N–H and O–H groups in total. The van der Waals surface area contributed by atoms with Gasteiger partial charge in [0, 0.05) is 29.2 Å². The lowest BCUT2D eigenvalue weighted by atomic mass is 9.51. The molecule has 2 aromatic carbocycles. The van der Waals surface area contributed by atoms with Crippen molar-refractivity contribution < 1.29 is 9.59 Å². The first kappa shape index (κ1) is 19.7. The molecule has 0 radical (unpaired) electrons. The molecule has 2 aromatic rings. The van der Waals surface area contributed by atoms with E-state index in [9.17, 15) is 9.59 Å². The van der Waals surface area contributed by atoms with E-state index in [4.69, 9.17) is 29.6 Å². The SMILES string of the molecule is CC1C(=O)CC(c2ccc(Cl)cc2)C2(C(=O)NC(=S)N=C2N)C1c1ccccc1. The summed E-state index contributed by atoms with van der Waals surface area (Å²) in [6.07, 6.45) is 0.183. The third kappa shape index (κ3) is 3.07. The molecular weight excluding hydrogens is 406 g/mol. The van der Waals surface area contributed by atoms with Gasteiger partial charge in [0.25, 0.3) is 0 Å². The van der Waals surface area contributed by atoms with Crippen molar-refractivity contribution in [3.8, 4) is 0 Å². The number of amidine groups is 1. The highest BCUT2D eigenvalue weighted by Gasteiger charge is 2.62. The molecule has 1 amide bonds. The highest BCUT2D eigenvalue weighted by atomic mass is 35.5. The summed E-state index contributed by atoms with van der Waals surface area (Å²) in [4.78, 5) is 30.9. The number of aliphatic imine (C=N–C) groups is 1. The van der Waals surface area contributed by atoms with Crippen LogP contribution in [0.1, 0.15) is 36.3 Å². The molecule has 0 aromatic heterocycles. The number of Topliss-reactive ketones (excluding diaryl/α,β-unsaturated/α-hetero) is 1. The summed E-state index contributed by atoms with van der Waals surface area (Å²) in [6.45, 7) is 1.85. The summed E-state index contributed by atoms with van der Waals surface area (Å²) in [6, 6.07) is 16.7. The number of amides is 1. The van der Waals surface area contributed by atoms with Crippen molar-refractivity contribution in [3.63, 3.8) is 0 Å². The minimum Gasteiger partial charge on any atom is -0.386 e. The van der Waals surface area contributed by atoms with E-state index in [1.54, 1.807) is 12.1 Å². The van der Waals surface area contributed by atoms with Crippen molar-refractivity contribution >= 4 is 46.5 Å². The molecule has 2 aliphatic rings. The Balaban J connectivity index is 2.01. The Kier molecular flexibility index (Phi) is 5.00. The van der Waals surface area contributed by atoms with E-state index >= 15 is 0 Å². The molecule has 4 unspecified atom stereocenters. The maximum Gasteiger partial charge on any atom is 0.241 e. The van der Waals surface area contributed by atoms with Crippen LogP contribution in [0, 0.1) is 11.3 Å². The van der Waals surface area contributed by atoms with E-state index in [2.05, 4.69) is 10.3 Å².